The fourth-order valence-corrected chi connectivity index (χ4v) is 0. The second-order valence-corrected chi connectivity index (χ2v) is 3.12. The molecule has 0 saturated carbocycles. The van der Waals surface area contributed by atoms with Gasteiger partial charge in [-0.05, 0) is 0 Å². The Morgan fingerprint density at radius 2 is 0.615 bits per heavy atom. The Kier molecular flexibility index (Phi) is 35.1. The van der Waals surface area contributed by atoms with Crippen LogP contribution in [0.4, 0.5) is 0 Å². The SMILES string of the molecule is [K+].[K+].[K+].[O]=[Mn](=[O])(=[O])[O-].[O]=[Mn](=[O])([O-])[O-]. The van der Waals surface area contributed by atoms with Crippen LogP contribution in [0, 0.1) is 0 Å². The summed E-state index contributed by atoms with van der Waals surface area (Å²) in [5.74, 6) is 0. The molecule has 0 heterocycles. The van der Waals surface area contributed by atoms with Crippen LogP contribution in [0.1, 0.15) is 0 Å². The third-order valence-corrected chi connectivity index (χ3v) is 0. The first-order chi connectivity index (χ1) is 4.00. The van der Waals surface area contributed by atoms with E-state index in [-0.39, 0.29) is 154 Å². The van der Waals surface area contributed by atoms with Crippen LogP contribution in [0.3, 0.4) is 0 Å². The average molecular weight is 355 g/mol. The van der Waals surface area contributed by atoms with Crippen LogP contribution in [0.25, 0.3) is 0 Å². The van der Waals surface area contributed by atoms with Gasteiger partial charge in [0.05, 0.1) is 0 Å². The maximum absolute atomic E-state index is 8.58. The minimum atomic E-state index is -5.62. The summed E-state index contributed by atoms with van der Waals surface area (Å²) in [6.07, 6.45) is 0. The van der Waals surface area contributed by atoms with Gasteiger partial charge in [-0.1, -0.05) is 0 Å². The molecule has 0 aromatic heterocycles. The molecule has 0 N–H and O–H groups in total. The summed E-state index contributed by atoms with van der Waals surface area (Å²) in [5, 5.41) is 0. The standard InChI is InChI=1S/3K.2Mn.8O/q3*+1;;;;;;;;3*-1. The van der Waals surface area contributed by atoms with Crippen LogP contribution < -0.4 is 167 Å². The molecular formula is K3Mn2O8. The monoisotopic (exact) mass is 355 g/mol. The van der Waals surface area contributed by atoms with Gasteiger partial charge in [0.1, 0.15) is 0 Å². The molecule has 0 rings (SSSR count). The van der Waals surface area contributed by atoms with E-state index in [4.69, 9.17) is 31.7 Å². The van der Waals surface area contributed by atoms with Crippen molar-refractivity contribution < 1.29 is 212 Å². The molecule has 0 atom stereocenters. The van der Waals surface area contributed by atoms with E-state index in [2.05, 4.69) is 0 Å². The van der Waals surface area contributed by atoms with E-state index >= 15 is 0 Å². The van der Waals surface area contributed by atoms with Gasteiger partial charge in [-0.2, -0.15) is 0 Å². The van der Waals surface area contributed by atoms with E-state index in [1.54, 1.807) is 0 Å². The average Bonchev–Trinajstić information content (AvgIpc) is 1.12. The second kappa shape index (κ2) is 14.9. The first-order valence-electron chi connectivity index (χ1n) is 1.23. The van der Waals surface area contributed by atoms with Crippen molar-refractivity contribution >= 4 is 0 Å². The van der Waals surface area contributed by atoms with Crippen LogP contribution in [0.2, 0.25) is 0 Å². The van der Waals surface area contributed by atoms with E-state index in [0.717, 1.165) is 0 Å². The number of hydrogen-bond donors (Lipinski definition) is 0. The maximum atomic E-state index is 8.58. The van der Waals surface area contributed by atoms with Gasteiger partial charge in [0.2, 0.25) is 0 Å². The Bertz CT molecular complexity index is 292. The molecule has 0 aromatic rings. The fourth-order valence-electron chi connectivity index (χ4n) is 0. The van der Waals surface area contributed by atoms with Crippen molar-refractivity contribution in [2.45, 2.75) is 0 Å². The molecule has 65 valence electrons. The Morgan fingerprint density at radius 1 is 0.615 bits per heavy atom. The Morgan fingerprint density at radius 3 is 0.615 bits per heavy atom. The third-order valence-electron chi connectivity index (χ3n) is 0. The van der Waals surface area contributed by atoms with Crippen LogP contribution in [-0.2, 0) is 45.5 Å². The molecule has 13 heavy (non-hydrogen) atoms. The molecule has 0 aliphatic rings. The third kappa shape index (κ3) is 159. The molecule has 0 aliphatic carbocycles. The van der Waals surface area contributed by atoms with E-state index in [1.807, 2.05) is 0 Å². The predicted octanol–water partition coefficient (Wildman–Crippen LogP) is -13.2. The molecular weight excluding hydrogens is 355 g/mol. The molecule has 0 saturated heterocycles. The topological polar surface area (TPSA) is 155 Å². The first-order valence-corrected chi connectivity index (χ1v) is 5.09. The van der Waals surface area contributed by atoms with Gasteiger partial charge >= 0.3 is 212 Å². The molecule has 0 amide bonds. The van der Waals surface area contributed by atoms with E-state index in [1.165, 1.54) is 0 Å². The van der Waals surface area contributed by atoms with Gasteiger partial charge in [-0.25, -0.2) is 0 Å². The van der Waals surface area contributed by atoms with Gasteiger partial charge in [-0.15, -0.1) is 0 Å². The van der Waals surface area contributed by atoms with Crippen LogP contribution >= 0.6 is 0 Å². The van der Waals surface area contributed by atoms with Gasteiger partial charge in [0, 0.05) is 0 Å². The van der Waals surface area contributed by atoms with Crippen molar-refractivity contribution in [1.82, 2.24) is 0 Å². The summed E-state index contributed by atoms with van der Waals surface area (Å²) < 4.78 is 68.6. The van der Waals surface area contributed by atoms with Gasteiger partial charge < -0.3 is 0 Å². The van der Waals surface area contributed by atoms with E-state index < -0.39 is 26.3 Å². The molecule has 0 radical (unpaired) electrons. The predicted molar refractivity (Wildman–Crippen MR) is 3.43 cm³/mol. The Hall–Kier alpha value is 4.83. The van der Waals surface area contributed by atoms with E-state index in [0.29, 0.717) is 0 Å². The fraction of sp³-hybridized carbons (Fsp3) is 0. The quantitative estimate of drug-likeness (QED) is 0.388. The summed E-state index contributed by atoms with van der Waals surface area (Å²) in [5.41, 5.74) is 0. The second-order valence-electron chi connectivity index (χ2n) is 0.756. The normalized spacial score (nSPS) is 8.85. The molecule has 0 bridgehead atoms. The number of hydrogen-bond acceptors (Lipinski definition) is 8. The molecule has 0 aliphatic heterocycles. The zero-order valence-corrected chi connectivity index (χ0v) is 18.8. The van der Waals surface area contributed by atoms with Gasteiger partial charge in [0.25, 0.3) is 0 Å². The summed E-state index contributed by atoms with van der Waals surface area (Å²) in [6, 6.07) is 0. The van der Waals surface area contributed by atoms with Crippen molar-refractivity contribution in [3.8, 4) is 0 Å². The molecule has 13 heteroatoms. The minimum absolute atomic E-state index is 0. The van der Waals surface area contributed by atoms with Crippen LogP contribution in [-0.4, -0.2) is 0 Å². The van der Waals surface area contributed by atoms with Gasteiger partial charge in [0.15, 0.2) is 0 Å². The molecule has 0 aromatic carbocycles. The first kappa shape index (κ1) is 30.7. The zero-order valence-electron chi connectivity index (χ0n) is 7.02. The summed E-state index contributed by atoms with van der Waals surface area (Å²) in [6.45, 7) is 0. The van der Waals surface area contributed by atoms with Crippen molar-refractivity contribution in [3.63, 3.8) is 0 Å². The van der Waals surface area contributed by atoms with Crippen LogP contribution in [0.15, 0.2) is 0 Å². The van der Waals surface area contributed by atoms with E-state index in [9.17, 15) is 0 Å². The Balaban J connectivity index is -0.0000000267. The van der Waals surface area contributed by atoms with Crippen molar-refractivity contribution in [3.05, 3.63) is 0 Å². The number of rotatable bonds is 0. The van der Waals surface area contributed by atoms with Crippen molar-refractivity contribution in [2.24, 2.45) is 0 Å². The van der Waals surface area contributed by atoms with Crippen molar-refractivity contribution in [2.75, 3.05) is 0 Å². The summed E-state index contributed by atoms with van der Waals surface area (Å²) in [7, 11) is 0. The van der Waals surface area contributed by atoms with Gasteiger partial charge in [-0.3, -0.25) is 0 Å². The summed E-state index contributed by atoms with van der Waals surface area (Å²) in [4.78, 5) is 0. The Labute approximate surface area is 205 Å². The van der Waals surface area contributed by atoms with Crippen LogP contribution in [0.5, 0.6) is 0 Å². The molecule has 0 unspecified atom stereocenters. The molecule has 0 spiro atoms. The zero-order chi connectivity index (χ0) is 9.00. The molecule has 8 nitrogen and oxygen atoms in total. The molecule has 0 fully saturated rings. The summed E-state index contributed by atoms with van der Waals surface area (Å²) >= 11 is -11.2. The van der Waals surface area contributed by atoms with Crippen molar-refractivity contribution in [1.29, 1.82) is 0 Å².